The Balaban J connectivity index is 2.48. The van der Waals surface area contributed by atoms with E-state index >= 15 is 0 Å². The third-order valence-corrected chi connectivity index (χ3v) is 2.89. The van der Waals surface area contributed by atoms with E-state index in [1.165, 1.54) is 0 Å². The molecule has 0 aliphatic carbocycles. The maximum Gasteiger partial charge on any atom is 0.320 e. The normalized spacial score (nSPS) is 21.4. The van der Waals surface area contributed by atoms with Gasteiger partial charge in [0.2, 0.25) is 0 Å². The van der Waals surface area contributed by atoms with Crippen LogP contribution in [0.3, 0.4) is 0 Å². The smallest absolute Gasteiger partial charge is 0.320 e. The van der Waals surface area contributed by atoms with Crippen LogP contribution in [0.5, 0.6) is 0 Å². The van der Waals surface area contributed by atoms with Crippen molar-refractivity contribution in [3.8, 4) is 0 Å². The summed E-state index contributed by atoms with van der Waals surface area (Å²) in [5.41, 5.74) is 0. The number of ether oxygens (including phenoxy) is 2. The fraction of sp³-hybridized carbons (Fsp3) is 0.917. The molecule has 1 saturated heterocycles. The molecule has 0 amide bonds. The van der Waals surface area contributed by atoms with Crippen LogP contribution in [-0.4, -0.2) is 49.3 Å². The molecule has 0 radical (unpaired) electrons. The SMILES string of the molecule is CCOC(=O)CN(C(C)C)C1CCCOC1. The molecule has 0 aromatic rings. The van der Waals surface area contributed by atoms with E-state index in [0.29, 0.717) is 25.2 Å². The Labute approximate surface area is 97.9 Å². The molecule has 1 fully saturated rings. The summed E-state index contributed by atoms with van der Waals surface area (Å²) in [4.78, 5) is 13.7. The zero-order chi connectivity index (χ0) is 12.0. The van der Waals surface area contributed by atoms with E-state index in [-0.39, 0.29) is 5.97 Å². The molecule has 16 heavy (non-hydrogen) atoms. The minimum Gasteiger partial charge on any atom is -0.465 e. The van der Waals surface area contributed by atoms with Gasteiger partial charge >= 0.3 is 5.97 Å². The summed E-state index contributed by atoms with van der Waals surface area (Å²) < 4.78 is 10.5. The fourth-order valence-electron chi connectivity index (χ4n) is 2.07. The minimum absolute atomic E-state index is 0.137. The number of nitrogens with zero attached hydrogens (tertiary/aromatic N) is 1. The molecule has 0 saturated carbocycles. The first-order chi connectivity index (χ1) is 7.65. The molecule has 0 N–H and O–H groups in total. The highest BCUT2D eigenvalue weighted by Gasteiger charge is 2.25. The van der Waals surface area contributed by atoms with Gasteiger partial charge in [0.25, 0.3) is 0 Å². The summed E-state index contributed by atoms with van der Waals surface area (Å²) >= 11 is 0. The first-order valence-electron chi connectivity index (χ1n) is 6.14. The van der Waals surface area contributed by atoms with Crippen molar-refractivity contribution in [2.45, 2.75) is 45.7 Å². The standard InChI is InChI=1S/C12H23NO3/c1-4-16-12(14)8-13(10(2)3)11-6-5-7-15-9-11/h10-11H,4-9H2,1-3H3. The lowest BCUT2D eigenvalue weighted by atomic mass is 10.1. The van der Waals surface area contributed by atoms with Crippen LogP contribution in [0, 0.1) is 0 Å². The second kappa shape index (κ2) is 6.86. The molecule has 1 unspecified atom stereocenters. The largest absolute Gasteiger partial charge is 0.465 e. The lowest BCUT2D eigenvalue weighted by molar-refractivity contribution is -0.146. The Bertz CT molecular complexity index is 212. The van der Waals surface area contributed by atoms with E-state index in [4.69, 9.17) is 9.47 Å². The van der Waals surface area contributed by atoms with Gasteiger partial charge in [-0.3, -0.25) is 9.69 Å². The van der Waals surface area contributed by atoms with E-state index in [1.54, 1.807) is 0 Å². The van der Waals surface area contributed by atoms with Gasteiger partial charge in [0.15, 0.2) is 0 Å². The second-order valence-electron chi connectivity index (χ2n) is 4.44. The van der Waals surface area contributed by atoms with Gasteiger partial charge in [0, 0.05) is 18.7 Å². The number of hydrogen-bond acceptors (Lipinski definition) is 4. The maximum absolute atomic E-state index is 11.5. The summed E-state index contributed by atoms with van der Waals surface area (Å²) in [6.07, 6.45) is 2.19. The molecular weight excluding hydrogens is 206 g/mol. The van der Waals surface area contributed by atoms with E-state index < -0.39 is 0 Å². The van der Waals surface area contributed by atoms with Crippen molar-refractivity contribution >= 4 is 5.97 Å². The Morgan fingerprint density at radius 1 is 1.56 bits per heavy atom. The predicted octanol–water partition coefficient (Wildman–Crippen LogP) is 1.44. The Hall–Kier alpha value is -0.610. The number of rotatable bonds is 5. The quantitative estimate of drug-likeness (QED) is 0.669. The summed E-state index contributed by atoms with van der Waals surface area (Å²) in [6.45, 7) is 8.45. The maximum atomic E-state index is 11.5. The van der Waals surface area contributed by atoms with Crippen molar-refractivity contribution < 1.29 is 14.3 Å². The van der Waals surface area contributed by atoms with Crippen molar-refractivity contribution in [2.24, 2.45) is 0 Å². The van der Waals surface area contributed by atoms with Crippen molar-refractivity contribution in [2.75, 3.05) is 26.4 Å². The molecule has 0 aromatic heterocycles. The summed E-state index contributed by atoms with van der Waals surface area (Å²) in [5, 5.41) is 0. The second-order valence-corrected chi connectivity index (χ2v) is 4.44. The molecule has 0 spiro atoms. The average Bonchev–Trinajstić information content (AvgIpc) is 2.27. The summed E-state index contributed by atoms with van der Waals surface area (Å²) in [6, 6.07) is 0.703. The van der Waals surface area contributed by atoms with Crippen molar-refractivity contribution in [1.82, 2.24) is 4.90 Å². The van der Waals surface area contributed by atoms with Gasteiger partial charge in [-0.2, -0.15) is 0 Å². The van der Waals surface area contributed by atoms with Gasteiger partial charge in [-0.15, -0.1) is 0 Å². The van der Waals surface area contributed by atoms with Crippen molar-refractivity contribution in [3.63, 3.8) is 0 Å². The lowest BCUT2D eigenvalue weighted by Crippen LogP contribution is -2.47. The molecule has 1 atom stereocenters. The average molecular weight is 229 g/mol. The Kier molecular flexibility index (Phi) is 5.77. The van der Waals surface area contributed by atoms with Crippen molar-refractivity contribution in [1.29, 1.82) is 0 Å². The molecular formula is C12H23NO3. The van der Waals surface area contributed by atoms with Crippen molar-refractivity contribution in [3.05, 3.63) is 0 Å². The highest BCUT2D eigenvalue weighted by Crippen LogP contribution is 2.16. The molecule has 0 aromatic carbocycles. The topological polar surface area (TPSA) is 38.8 Å². The highest BCUT2D eigenvalue weighted by atomic mass is 16.5. The van der Waals surface area contributed by atoms with Crippen LogP contribution in [0.4, 0.5) is 0 Å². The zero-order valence-electron chi connectivity index (χ0n) is 10.6. The predicted molar refractivity (Wildman–Crippen MR) is 62.3 cm³/mol. The van der Waals surface area contributed by atoms with Crippen LogP contribution >= 0.6 is 0 Å². The van der Waals surface area contributed by atoms with E-state index in [0.717, 1.165) is 26.1 Å². The Morgan fingerprint density at radius 2 is 2.31 bits per heavy atom. The monoisotopic (exact) mass is 229 g/mol. The summed E-state index contributed by atoms with van der Waals surface area (Å²) in [5.74, 6) is -0.137. The molecule has 1 aliphatic rings. The van der Waals surface area contributed by atoms with Crippen LogP contribution in [0.25, 0.3) is 0 Å². The molecule has 1 rings (SSSR count). The van der Waals surface area contributed by atoms with Gasteiger partial charge < -0.3 is 9.47 Å². The number of carbonyl (C=O) groups is 1. The minimum atomic E-state index is -0.137. The number of hydrogen-bond donors (Lipinski definition) is 0. The van der Waals surface area contributed by atoms with Crippen LogP contribution < -0.4 is 0 Å². The van der Waals surface area contributed by atoms with Gasteiger partial charge in [-0.1, -0.05) is 0 Å². The van der Waals surface area contributed by atoms with Gasteiger partial charge in [0.1, 0.15) is 0 Å². The van der Waals surface area contributed by atoms with E-state index in [9.17, 15) is 4.79 Å². The molecule has 4 nitrogen and oxygen atoms in total. The van der Waals surface area contributed by atoms with Gasteiger partial charge in [-0.05, 0) is 33.6 Å². The molecule has 1 aliphatic heterocycles. The number of carbonyl (C=O) groups excluding carboxylic acids is 1. The van der Waals surface area contributed by atoms with Crippen LogP contribution in [-0.2, 0) is 14.3 Å². The lowest BCUT2D eigenvalue weighted by Gasteiger charge is -2.36. The number of esters is 1. The molecule has 94 valence electrons. The zero-order valence-corrected chi connectivity index (χ0v) is 10.6. The van der Waals surface area contributed by atoms with Crippen LogP contribution in [0.15, 0.2) is 0 Å². The molecule has 4 heteroatoms. The molecule has 1 heterocycles. The highest BCUT2D eigenvalue weighted by molar-refractivity contribution is 5.71. The third kappa shape index (κ3) is 4.10. The van der Waals surface area contributed by atoms with Crippen LogP contribution in [0.2, 0.25) is 0 Å². The fourth-order valence-corrected chi connectivity index (χ4v) is 2.07. The third-order valence-electron chi connectivity index (χ3n) is 2.89. The first-order valence-corrected chi connectivity index (χ1v) is 6.14. The van der Waals surface area contributed by atoms with E-state index in [1.807, 2.05) is 6.92 Å². The van der Waals surface area contributed by atoms with Gasteiger partial charge in [0.05, 0.1) is 19.8 Å². The first kappa shape index (κ1) is 13.5. The van der Waals surface area contributed by atoms with E-state index in [2.05, 4.69) is 18.7 Å². The van der Waals surface area contributed by atoms with Crippen LogP contribution in [0.1, 0.15) is 33.6 Å². The summed E-state index contributed by atoms with van der Waals surface area (Å²) in [7, 11) is 0. The molecule has 0 bridgehead atoms. The Morgan fingerprint density at radius 3 is 2.81 bits per heavy atom. The van der Waals surface area contributed by atoms with Gasteiger partial charge in [-0.25, -0.2) is 0 Å².